The van der Waals surface area contributed by atoms with Crippen LogP contribution >= 0.6 is 0 Å². The predicted octanol–water partition coefficient (Wildman–Crippen LogP) is 2.65. The van der Waals surface area contributed by atoms with Gasteiger partial charge in [-0.25, -0.2) is 0 Å². The minimum absolute atomic E-state index is 0.158. The summed E-state index contributed by atoms with van der Waals surface area (Å²) in [5.74, 6) is -0.378. The van der Waals surface area contributed by atoms with Crippen molar-refractivity contribution in [3.8, 4) is 0 Å². The summed E-state index contributed by atoms with van der Waals surface area (Å²) in [5, 5.41) is 3.34. The van der Waals surface area contributed by atoms with E-state index in [1.54, 1.807) is 12.4 Å². The second-order valence-corrected chi connectivity index (χ2v) is 5.68. The Morgan fingerprint density at radius 3 is 2.79 bits per heavy atom. The van der Waals surface area contributed by atoms with Crippen LogP contribution in [0.15, 0.2) is 53.6 Å². The molecule has 0 bridgehead atoms. The van der Waals surface area contributed by atoms with E-state index in [0.29, 0.717) is 11.9 Å². The lowest BCUT2D eigenvalue weighted by atomic mass is 10.1. The highest BCUT2D eigenvalue weighted by Crippen LogP contribution is 2.14. The van der Waals surface area contributed by atoms with Crippen molar-refractivity contribution < 1.29 is 4.79 Å². The lowest BCUT2D eigenvalue weighted by Gasteiger charge is -2.12. The zero-order valence-corrected chi connectivity index (χ0v) is 13.7. The molecule has 2 heterocycles. The normalized spacial score (nSPS) is 10.8. The van der Waals surface area contributed by atoms with E-state index in [4.69, 9.17) is 0 Å². The average molecular weight is 321 g/mol. The second-order valence-electron chi connectivity index (χ2n) is 5.68. The molecule has 0 spiro atoms. The summed E-state index contributed by atoms with van der Waals surface area (Å²) >= 11 is 0. The van der Waals surface area contributed by atoms with Gasteiger partial charge in [0.1, 0.15) is 5.56 Å². The van der Waals surface area contributed by atoms with Crippen LogP contribution in [-0.4, -0.2) is 15.5 Å². The maximum atomic E-state index is 12.7. The summed E-state index contributed by atoms with van der Waals surface area (Å²) in [5.41, 5.74) is 2.50. The molecule has 122 valence electrons. The summed E-state index contributed by atoms with van der Waals surface area (Å²) in [4.78, 5) is 29.4. The van der Waals surface area contributed by atoms with Crippen molar-refractivity contribution >= 4 is 16.8 Å². The number of carbonyl (C=O) groups is 1. The zero-order chi connectivity index (χ0) is 17.1. The van der Waals surface area contributed by atoms with E-state index in [1.165, 1.54) is 0 Å². The molecule has 5 heteroatoms. The van der Waals surface area contributed by atoms with E-state index in [1.807, 2.05) is 54.8 Å². The summed E-state index contributed by atoms with van der Waals surface area (Å²) in [6.45, 7) is 4.89. The maximum absolute atomic E-state index is 12.7. The number of hydrogen-bond donors (Lipinski definition) is 1. The van der Waals surface area contributed by atoms with E-state index in [2.05, 4.69) is 10.3 Å². The Morgan fingerprint density at radius 1 is 1.25 bits per heavy atom. The first-order chi connectivity index (χ1) is 11.6. The molecule has 0 aliphatic carbocycles. The largest absolute Gasteiger partial charge is 0.347 e. The van der Waals surface area contributed by atoms with E-state index >= 15 is 0 Å². The number of aryl methyl sites for hydroxylation is 2. The van der Waals surface area contributed by atoms with Gasteiger partial charge in [-0.1, -0.05) is 17.7 Å². The van der Waals surface area contributed by atoms with Gasteiger partial charge in [0.25, 0.3) is 5.91 Å². The SMILES string of the molecule is CCn1cc(C(=O)NCc2ccccn2)c(=O)c2cc(C)ccc21. The Morgan fingerprint density at radius 2 is 2.08 bits per heavy atom. The summed E-state index contributed by atoms with van der Waals surface area (Å²) < 4.78 is 1.92. The van der Waals surface area contributed by atoms with Gasteiger partial charge in [-0.05, 0) is 38.1 Å². The Hall–Kier alpha value is -2.95. The van der Waals surface area contributed by atoms with Crippen molar-refractivity contribution in [1.82, 2.24) is 14.9 Å². The number of nitrogens with one attached hydrogen (secondary N) is 1. The average Bonchev–Trinajstić information content (AvgIpc) is 2.61. The number of amides is 1. The van der Waals surface area contributed by atoms with Crippen LogP contribution in [0, 0.1) is 6.92 Å². The first-order valence-corrected chi connectivity index (χ1v) is 7.92. The smallest absolute Gasteiger partial charge is 0.257 e. The molecular weight excluding hydrogens is 302 g/mol. The highest BCUT2D eigenvalue weighted by atomic mass is 16.2. The van der Waals surface area contributed by atoms with Crippen molar-refractivity contribution in [1.29, 1.82) is 0 Å². The monoisotopic (exact) mass is 321 g/mol. The summed E-state index contributed by atoms with van der Waals surface area (Å²) in [7, 11) is 0. The van der Waals surface area contributed by atoms with E-state index in [-0.39, 0.29) is 23.4 Å². The van der Waals surface area contributed by atoms with Gasteiger partial charge >= 0.3 is 0 Å². The number of rotatable bonds is 4. The summed E-state index contributed by atoms with van der Waals surface area (Å²) in [6.07, 6.45) is 3.30. The molecule has 0 aliphatic rings. The zero-order valence-electron chi connectivity index (χ0n) is 13.7. The van der Waals surface area contributed by atoms with Crippen LogP contribution in [0.4, 0.5) is 0 Å². The van der Waals surface area contributed by atoms with Crippen LogP contribution in [0.25, 0.3) is 10.9 Å². The Balaban J connectivity index is 1.98. The van der Waals surface area contributed by atoms with Crippen molar-refractivity contribution in [2.75, 3.05) is 0 Å². The number of nitrogens with zero attached hydrogens (tertiary/aromatic N) is 2. The van der Waals surface area contributed by atoms with Crippen LogP contribution in [0.5, 0.6) is 0 Å². The standard InChI is InChI=1S/C19H19N3O2/c1-3-22-12-16(18(23)15-10-13(2)7-8-17(15)22)19(24)21-11-14-6-4-5-9-20-14/h4-10,12H,3,11H2,1-2H3,(H,21,24). The van der Waals surface area contributed by atoms with Gasteiger partial charge in [0.15, 0.2) is 0 Å². The van der Waals surface area contributed by atoms with Crippen LogP contribution in [-0.2, 0) is 13.1 Å². The third-order valence-electron chi connectivity index (χ3n) is 3.98. The Kier molecular flexibility index (Phi) is 4.42. The van der Waals surface area contributed by atoms with Gasteiger partial charge in [0.2, 0.25) is 5.43 Å². The number of pyridine rings is 2. The number of hydrogen-bond acceptors (Lipinski definition) is 3. The number of carbonyl (C=O) groups excluding carboxylic acids is 1. The lowest BCUT2D eigenvalue weighted by Crippen LogP contribution is -2.29. The molecule has 0 fully saturated rings. The molecule has 1 aromatic carbocycles. The molecule has 0 aliphatic heterocycles. The fraction of sp³-hybridized carbons (Fsp3) is 0.211. The van der Waals surface area contributed by atoms with Gasteiger partial charge < -0.3 is 9.88 Å². The van der Waals surface area contributed by atoms with E-state index < -0.39 is 0 Å². The van der Waals surface area contributed by atoms with E-state index in [9.17, 15) is 9.59 Å². The molecule has 24 heavy (non-hydrogen) atoms. The molecule has 0 saturated heterocycles. The molecule has 0 saturated carbocycles. The van der Waals surface area contributed by atoms with Crippen molar-refractivity contribution in [2.24, 2.45) is 0 Å². The molecule has 1 N–H and O–H groups in total. The van der Waals surface area contributed by atoms with Crippen molar-refractivity contribution in [3.05, 3.63) is 75.8 Å². The summed E-state index contributed by atoms with van der Waals surface area (Å²) in [6, 6.07) is 11.2. The van der Waals surface area contributed by atoms with Gasteiger partial charge in [0.05, 0.1) is 17.8 Å². The maximum Gasteiger partial charge on any atom is 0.257 e. The number of benzene rings is 1. The molecule has 3 rings (SSSR count). The molecule has 0 unspecified atom stereocenters. The molecule has 3 aromatic rings. The van der Waals surface area contributed by atoms with Gasteiger partial charge in [0, 0.05) is 24.3 Å². The minimum atomic E-state index is -0.378. The molecule has 0 radical (unpaired) electrons. The number of aromatic nitrogens is 2. The fourth-order valence-electron chi connectivity index (χ4n) is 2.70. The predicted molar refractivity (Wildman–Crippen MR) is 94.0 cm³/mol. The first-order valence-electron chi connectivity index (χ1n) is 7.92. The number of fused-ring (bicyclic) bond motifs is 1. The Labute approximate surface area is 140 Å². The van der Waals surface area contributed by atoms with Crippen LogP contribution in [0.3, 0.4) is 0 Å². The van der Waals surface area contributed by atoms with Crippen LogP contribution in [0.1, 0.15) is 28.5 Å². The second kappa shape index (κ2) is 6.66. The van der Waals surface area contributed by atoms with Crippen molar-refractivity contribution in [2.45, 2.75) is 26.9 Å². The minimum Gasteiger partial charge on any atom is -0.347 e. The van der Waals surface area contributed by atoms with Crippen LogP contribution < -0.4 is 10.7 Å². The molecule has 0 atom stereocenters. The quantitative estimate of drug-likeness (QED) is 0.803. The van der Waals surface area contributed by atoms with Gasteiger partial charge in [-0.3, -0.25) is 14.6 Å². The molecule has 5 nitrogen and oxygen atoms in total. The first kappa shape index (κ1) is 15.9. The lowest BCUT2D eigenvalue weighted by molar-refractivity contribution is 0.0949. The van der Waals surface area contributed by atoms with Crippen LogP contribution in [0.2, 0.25) is 0 Å². The third-order valence-corrected chi connectivity index (χ3v) is 3.98. The van der Waals surface area contributed by atoms with E-state index in [0.717, 1.165) is 16.8 Å². The molecular formula is C19H19N3O2. The fourth-order valence-corrected chi connectivity index (χ4v) is 2.70. The highest BCUT2D eigenvalue weighted by Gasteiger charge is 2.15. The highest BCUT2D eigenvalue weighted by molar-refractivity contribution is 5.97. The molecule has 2 aromatic heterocycles. The van der Waals surface area contributed by atoms with Crippen molar-refractivity contribution in [3.63, 3.8) is 0 Å². The van der Waals surface area contributed by atoms with Gasteiger partial charge in [-0.2, -0.15) is 0 Å². The van der Waals surface area contributed by atoms with Gasteiger partial charge in [-0.15, -0.1) is 0 Å². The molecule has 1 amide bonds. The Bertz CT molecular complexity index is 946. The third kappa shape index (κ3) is 3.06. The topological polar surface area (TPSA) is 64.0 Å².